The molecule has 0 saturated heterocycles. The van der Waals surface area contributed by atoms with Gasteiger partial charge >= 0.3 is 0 Å². The summed E-state index contributed by atoms with van der Waals surface area (Å²) in [6, 6.07) is 9.25. The molecule has 2 heterocycles. The molecular weight excluding hydrogens is 264 g/mol. The van der Waals surface area contributed by atoms with E-state index in [-0.39, 0.29) is 0 Å². The van der Waals surface area contributed by atoms with Gasteiger partial charge in [0, 0.05) is 23.7 Å². The number of hydrogen-bond donors (Lipinski definition) is 1. The fourth-order valence-electron chi connectivity index (χ4n) is 2.45. The lowest BCUT2D eigenvalue weighted by atomic mass is 10.0. The van der Waals surface area contributed by atoms with Gasteiger partial charge in [0.15, 0.2) is 0 Å². The minimum absolute atomic E-state index is 0.449. The van der Waals surface area contributed by atoms with E-state index in [0.717, 1.165) is 34.4 Å². The number of amides is 1. The summed E-state index contributed by atoms with van der Waals surface area (Å²) >= 11 is 0. The zero-order chi connectivity index (χ0) is 15.0. The largest absolute Gasteiger partial charge is 0.366 e. The maximum absolute atomic E-state index is 11.7. The minimum atomic E-state index is -0.449. The molecule has 0 aliphatic heterocycles. The van der Waals surface area contributed by atoms with Gasteiger partial charge in [0.1, 0.15) is 0 Å². The van der Waals surface area contributed by atoms with Gasteiger partial charge in [-0.25, -0.2) is 4.98 Å². The molecule has 2 aromatic heterocycles. The van der Waals surface area contributed by atoms with Crippen molar-refractivity contribution in [2.24, 2.45) is 5.73 Å². The van der Waals surface area contributed by atoms with E-state index in [1.54, 1.807) is 6.07 Å². The van der Waals surface area contributed by atoms with Gasteiger partial charge in [-0.3, -0.25) is 9.48 Å². The standard InChI is InChI=1S/C16H16N4O/c1-3-20-9-13(10(2)19-20)15-8-12(16(17)21)11-6-4-5-7-14(11)18-15/h4-9H,3H2,1-2H3,(H2,17,21). The topological polar surface area (TPSA) is 73.8 Å². The van der Waals surface area contributed by atoms with Crippen LogP contribution in [-0.4, -0.2) is 20.7 Å². The SMILES string of the molecule is CCn1cc(-c2cc(C(N)=O)c3ccccc3n2)c(C)n1. The number of aryl methyl sites for hydroxylation is 2. The predicted octanol–water partition coefficient (Wildman–Crippen LogP) is 2.53. The lowest BCUT2D eigenvalue weighted by Crippen LogP contribution is -2.12. The number of primary amides is 1. The molecule has 3 rings (SSSR count). The first kappa shape index (κ1) is 13.3. The van der Waals surface area contributed by atoms with E-state index in [1.807, 2.05) is 49.0 Å². The van der Waals surface area contributed by atoms with Crippen molar-refractivity contribution in [2.45, 2.75) is 20.4 Å². The average Bonchev–Trinajstić information content (AvgIpc) is 2.87. The Hall–Kier alpha value is -2.69. The zero-order valence-electron chi connectivity index (χ0n) is 12.0. The fraction of sp³-hybridized carbons (Fsp3) is 0.188. The van der Waals surface area contributed by atoms with E-state index >= 15 is 0 Å². The average molecular weight is 280 g/mol. The molecule has 5 nitrogen and oxygen atoms in total. The molecule has 5 heteroatoms. The number of rotatable bonds is 3. The van der Waals surface area contributed by atoms with Crippen LogP contribution in [0.25, 0.3) is 22.2 Å². The third kappa shape index (κ3) is 2.27. The second kappa shape index (κ2) is 5.01. The van der Waals surface area contributed by atoms with Crippen molar-refractivity contribution >= 4 is 16.8 Å². The van der Waals surface area contributed by atoms with Crippen LogP contribution in [0.4, 0.5) is 0 Å². The van der Waals surface area contributed by atoms with Crippen molar-refractivity contribution in [3.8, 4) is 11.3 Å². The monoisotopic (exact) mass is 280 g/mol. The van der Waals surface area contributed by atoms with Crippen LogP contribution in [0.5, 0.6) is 0 Å². The Morgan fingerprint density at radius 2 is 2.10 bits per heavy atom. The predicted molar refractivity (Wildman–Crippen MR) is 81.9 cm³/mol. The summed E-state index contributed by atoms with van der Waals surface area (Å²) in [6.45, 7) is 4.75. The van der Waals surface area contributed by atoms with Gasteiger partial charge < -0.3 is 5.73 Å². The van der Waals surface area contributed by atoms with Crippen molar-refractivity contribution in [3.05, 3.63) is 47.8 Å². The molecule has 0 saturated carbocycles. The van der Waals surface area contributed by atoms with E-state index in [1.165, 1.54) is 0 Å². The summed E-state index contributed by atoms with van der Waals surface area (Å²) in [5, 5.41) is 5.19. The zero-order valence-corrected chi connectivity index (χ0v) is 12.0. The minimum Gasteiger partial charge on any atom is -0.366 e. The summed E-state index contributed by atoms with van der Waals surface area (Å²) in [4.78, 5) is 16.4. The van der Waals surface area contributed by atoms with Gasteiger partial charge in [-0.2, -0.15) is 5.10 Å². The number of carbonyl (C=O) groups is 1. The number of fused-ring (bicyclic) bond motifs is 1. The Labute approximate surface area is 122 Å². The first-order chi connectivity index (χ1) is 10.1. The Morgan fingerprint density at radius 3 is 2.76 bits per heavy atom. The number of para-hydroxylation sites is 1. The van der Waals surface area contributed by atoms with E-state index in [4.69, 9.17) is 5.73 Å². The molecule has 0 atom stereocenters. The molecule has 1 amide bonds. The number of nitrogens with zero attached hydrogens (tertiary/aromatic N) is 3. The third-order valence-corrected chi connectivity index (χ3v) is 3.53. The van der Waals surface area contributed by atoms with Gasteiger partial charge in [-0.1, -0.05) is 18.2 Å². The molecular formula is C16H16N4O. The Kier molecular flexibility index (Phi) is 3.17. The first-order valence-electron chi connectivity index (χ1n) is 6.84. The van der Waals surface area contributed by atoms with Crippen molar-refractivity contribution in [1.29, 1.82) is 0 Å². The molecule has 3 aromatic rings. The summed E-state index contributed by atoms with van der Waals surface area (Å²) < 4.78 is 1.85. The summed E-state index contributed by atoms with van der Waals surface area (Å²) in [6.07, 6.45) is 1.94. The molecule has 1 aromatic carbocycles. The normalized spacial score (nSPS) is 11.0. The van der Waals surface area contributed by atoms with Gasteiger partial charge in [0.25, 0.3) is 0 Å². The fourth-order valence-corrected chi connectivity index (χ4v) is 2.45. The molecule has 0 fully saturated rings. The molecule has 2 N–H and O–H groups in total. The molecule has 0 radical (unpaired) electrons. The highest BCUT2D eigenvalue weighted by atomic mass is 16.1. The van der Waals surface area contributed by atoms with Crippen molar-refractivity contribution in [2.75, 3.05) is 0 Å². The lowest BCUT2D eigenvalue weighted by molar-refractivity contribution is 0.100. The molecule has 21 heavy (non-hydrogen) atoms. The second-order valence-corrected chi connectivity index (χ2v) is 4.92. The molecule has 106 valence electrons. The lowest BCUT2D eigenvalue weighted by Gasteiger charge is -2.06. The van der Waals surface area contributed by atoms with E-state index in [0.29, 0.717) is 5.56 Å². The third-order valence-electron chi connectivity index (χ3n) is 3.53. The highest BCUT2D eigenvalue weighted by Crippen LogP contribution is 2.26. The molecule has 0 aliphatic carbocycles. The van der Waals surface area contributed by atoms with Crippen LogP contribution < -0.4 is 5.73 Å². The van der Waals surface area contributed by atoms with Crippen molar-refractivity contribution < 1.29 is 4.79 Å². The van der Waals surface area contributed by atoms with E-state index in [9.17, 15) is 4.79 Å². The summed E-state index contributed by atoms with van der Waals surface area (Å²) in [5.41, 5.74) is 9.28. The number of pyridine rings is 1. The maximum atomic E-state index is 11.7. The Balaban J connectivity index is 2.28. The number of hydrogen-bond acceptors (Lipinski definition) is 3. The summed E-state index contributed by atoms with van der Waals surface area (Å²) in [5.74, 6) is -0.449. The number of carbonyl (C=O) groups excluding carboxylic acids is 1. The quantitative estimate of drug-likeness (QED) is 0.801. The number of aromatic nitrogens is 3. The highest BCUT2D eigenvalue weighted by Gasteiger charge is 2.14. The van der Waals surface area contributed by atoms with Gasteiger partial charge in [0.05, 0.1) is 22.5 Å². The van der Waals surface area contributed by atoms with Crippen LogP contribution in [0.2, 0.25) is 0 Å². The van der Waals surface area contributed by atoms with E-state index in [2.05, 4.69) is 10.1 Å². The number of nitrogens with two attached hydrogens (primary N) is 1. The van der Waals surface area contributed by atoms with Crippen LogP contribution in [0.1, 0.15) is 23.0 Å². The summed E-state index contributed by atoms with van der Waals surface area (Å²) in [7, 11) is 0. The van der Waals surface area contributed by atoms with Crippen LogP contribution in [0, 0.1) is 6.92 Å². The van der Waals surface area contributed by atoms with Crippen LogP contribution in [0.15, 0.2) is 36.5 Å². The molecule has 0 spiro atoms. The van der Waals surface area contributed by atoms with E-state index < -0.39 is 5.91 Å². The Bertz CT molecular complexity index is 835. The van der Waals surface area contributed by atoms with Crippen molar-refractivity contribution in [3.63, 3.8) is 0 Å². The smallest absolute Gasteiger partial charge is 0.249 e. The van der Waals surface area contributed by atoms with Crippen molar-refractivity contribution in [1.82, 2.24) is 14.8 Å². The molecule has 0 bridgehead atoms. The van der Waals surface area contributed by atoms with Crippen LogP contribution in [-0.2, 0) is 6.54 Å². The number of benzene rings is 1. The Morgan fingerprint density at radius 1 is 1.33 bits per heavy atom. The first-order valence-corrected chi connectivity index (χ1v) is 6.84. The molecule has 0 unspecified atom stereocenters. The maximum Gasteiger partial charge on any atom is 0.249 e. The van der Waals surface area contributed by atoms with Crippen LogP contribution >= 0.6 is 0 Å². The van der Waals surface area contributed by atoms with Crippen LogP contribution in [0.3, 0.4) is 0 Å². The highest BCUT2D eigenvalue weighted by molar-refractivity contribution is 6.06. The second-order valence-electron chi connectivity index (χ2n) is 4.92. The van der Waals surface area contributed by atoms with Gasteiger partial charge in [-0.05, 0) is 26.0 Å². The van der Waals surface area contributed by atoms with Gasteiger partial charge in [-0.15, -0.1) is 0 Å². The molecule has 0 aliphatic rings. The van der Waals surface area contributed by atoms with Gasteiger partial charge in [0.2, 0.25) is 5.91 Å².